The van der Waals surface area contributed by atoms with Gasteiger partial charge in [-0.2, -0.15) is 0 Å². The van der Waals surface area contributed by atoms with Gasteiger partial charge in [-0.25, -0.2) is 0 Å². The number of hydrogen-bond donors (Lipinski definition) is 0. The van der Waals surface area contributed by atoms with Crippen molar-refractivity contribution in [3.63, 3.8) is 0 Å². The summed E-state index contributed by atoms with van der Waals surface area (Å²) < 4.78 is 6.39. The zero-order chi connectivity index (χ0) is 14.2. The third kappa shape index (κ3) is 2.28. The Morgan fingerprint density at radius 2 is 1.40 bits per heavy atom. The van der Waals surface area contributed by atoms with Crippen molar-refractivity contribution in [1.29, 1.82) is 0 Å². The highest BCUT2D eigenvalue weighted by atomic mass is 35.5. The Hall–Kier alpha value is -1.57. The summed E-state index contributed by atoms with van der Waals surface area (Å²) >= 11 is 6.01. The molecule has 0 spiro atoms. The van der Waals surface area contributed by atoms with E-state index in [1.54, 1.807) is 0 Å². The van der Waals surface area contributed by atoms with Gasteiger partial charge in [0.2, 0.25) is 0 Å². The van der Waals surface area contributed by atoms with Crippen LogP contribution in [0.15, 0.2) is 66.7 Å². The van der Waals surface area contributed by atoms with Crippen molar-refractivity contribution >= 4 is 11.6 Å². The molecule has 102 valence electrons. The molecule has 2 aromatic carbocycles. The number of rotatable bonds is 2. The van der Waals surface area contributed by atoms with Crippen LogP contribution in [-0.4, -0.2) is 5.60 Å². The lowest BCUT2D eigenvalue weighted by molar-refractivity contribution is -0.0498. The maximum absolute atomic E-state index is 6.39. The van der Waals surface area contributed by atoms with Gasteiger partial charge in [0.1, 0.15) is 5.60 Å². The topological polar surface area (TPSA) is 9.23 Å². The van der Waals surface area contributed by atoms with Gasteiger partial charge in [-0.15, -0.1) is 0 Å². The Balaban J connectivity index is 2.15. The molecule has 3 rings (SSSR count). The summed E-state index contributed by atoms with van der Waals surface area (Å²) in [5.41, 5.74) is 1.41. The zero-order valence-corrected chi connectivity index (χ0v) is 12.4. The molecule has 0 N–H and O–H groups in total. The van der Waals surface area contributed by atoms with Crippen molar-refractivity contribution in [2.45, 2.75) is 25.0 Å². The average molecular weight is 285 g/mol. The minimum atomic E-state index is -0.532. The second kappa shape index (κ2) is 4.76. The van der Waals surface area contributed by atoms with E-state index in [1.165, 1.54) is 0 Å². The molecule has 1 atom stereocenters. The number of ether oxygens (including phenoxy) is 1. The number of benzene rings is 2. The Labute approximate surface area is 124 Å². The molecule has 1 aliphatic heterocycles. The number of hydrogen-bond acceptors (Lipinski definition) is 1. The van der Waals surface area contributed by atoms with Gasteiger partial charge in [-0.1, -0.05) is 60.1 Å². The molecule has 1 aliphatic rings. The van der Waals surface area contributed by atoms with Gasteiger partial charge >= 0.3 is 0 Å². The van der Waals surface area contributed by atoms with Crippen LogP contribution in [0.4, 0.5) is 0 Å². The van der Waals surface area contributed by atoms with Gasteiger partial charge in [-0.05, 0) is 43.2 Å². The molecule has 2 heteroatoms. The average Bonchev–Trinajstić information content (AvgIpc) is 2.78. The molecule has 1 unspecified atom stereocenters. The van der Waals surface area contributed by atoms with Crippen LogP contribution < -0.4 is 0 Å². The molecule has 0 fully saturated rings. The Bertz CT molecular complexity index is 628. The first-order chi connectivity index (χ1) is 9.52. The van der Waals surface area contributed by atoms with Crippen molar-refractivity contribution in [2.24, 2.45) is 0 Å². The van der Waals surface area contributed by atoms with Crippen molar-refractivity contribution in [3.8, 4) is 0 Å². The fraction of sp³-hybridized carbons (Fsp3) is 0.222. The second-order valence-electron chi connectivity index (χ2n) is 5.65. The first kappa shape index (κ1) is 13.4. The molecule has 0 bridgehead atoms. The molecule has 1 nitrogen and oxygen atoms in total. The Morgan fingerprint density at radius 3 is 1.95 bits per heavy atom. The molecule has 0 radical (unpaired) electrons. The monoisotopic (exact) mass is 284 g/mol. The van der Waals surface area contributed by atoms with E-state index in [0.29, 0.717) is 0 Å². The predicted molar refractivity (Wildman–Crippen MR) is 83.0 cm³/mol. The van der Waals surface area contributed by atoms with Gasteiger partial charge in [0, 0.05) is 5.02 Å². The summed E-state index contributed by atoms with van der Waals surface area (Å²) in [6.07, 6.45) is 4.26. The quantitative estimate of drug-likeness (QED) is 0.709. The molecule has 20 heavy (non-hydrogen) atoms. The van der Waals surface area contributed by atoms with E-state index in [0.717, 1.165) is 16.1 Å². The van der Waals surface area contributed by atoms with Crippen molar-refractivity contribution in [3.05, 3.63) is 82.9 Å². The van der Waals surface area contributed by atoms with E-state index in [1.807, 2.05) is 42.5 Å². The molecular weight excluding hydrogens is 268 g/mol. The van der Waals surface area contributed by atoms with Crippen LogP contribution in [0.5, 0.6) is 0 Å². The van der Waals surface area contributed by atoms with Gasteiger partial charge < -0.3 is 4.74 Å². The Kier molecular flexibility index (Phi) is 3.19. The normalized spacial score (nSPS) is 23.9. The van der Waals surface area contributed by atoms with Crippen molar-refractivity contribution in [2.75, 3.05) is 0 Å². The van der Waals surface area contributed by atoms with Crippen LogP contribution in [0.1, 0.15) is 25.0 Å². The van der Waals surface area contributed by atoms with Gasteiger partial charge in [0.05, 0.1) is 5.60 Å². The summed E-state index contributed by atoms with van der Waals surface area (Å²) in [5, 5.41) is 0.734. The van der Waals surface area contributed by atoms with Crippen LogP contribution >= 0.6 is 11.6 Å². The SMILES string of the molecule is CC1(C)C=CC(c2ccccc2)(c2ccc(Cl)cc2)O1. The lowest BCUT2D eigenvalue weighted by Gasteiger charge is -2.33. The molecule has 0 saturated heterocycles. The lowest BCUT2D eigenvalue weighted by Crippen LogP contribution is -2.32. The minimum Gasteiger partial charge on any atom is -0.352 e. The molecule has 0 aromatic heterocycles. The van der Waals surface area contributed by atoms with Crippen LogP contribution in [0.25, 0.3) is 0 Å². The second-order valence-corrected chi connectivity index (χ2v) is 6.08. The van der Waals surface area contributed by atoms with E-state index >= 15 is 0 Å². The first-order valence-electron chi connectivity index (χ1n) is 6.74. The van der Waals surface area contributed by atoms with Crippen LogP contribution in [0, 0.1) is 0 Å². The highest BCUT2D eigenvalue weighted by molar-refractivity contribution is 6.30. The molecular formula is C18H17ClO. The van der Waals surface area contributed by atoms with E-state index in [9.17, 15) is 0 Å². The maximum atomic E-state index is 6.39. The summed E-state index contributed by atoms with van der Waals surface area (Å²) in [6, 6.07) is 18.2. The number of halogens is 1. The minimum absolute atomic E-state index is 0.282. The summed E-state index contributed by atoms with van der Waals surface area (Å²) in [7, 11) is 0. The maximum Gasteiger partial charge on any atom is 0.138 e. The van der Waals surface area contributed by atoms with E-state index in [-0.39, 0.29) is 5.60 Å². The standard InChI is InChI=1S/C18H17ClO/c1-17(2)12-13-18(20-17,14-6-4-3-5-7-14)15-8-10-16(19)11-9-15/h3-13H,1-2H3. The summed E-state index contributed by atoms with van der Waals surface area (Å²) in [4.78, 5) is 0. The van der Waals surface area contributed by atoms with E-state index in [2.05, 4.69) is 38.1 Å². The van der Waals surface area contributed by atoms with Crippen LogP contribution in [0.3, 0.4) is 0 Å². The smallest absolute Gasteiger partial charge is 0.138 e. The first-order valence-corrected chi connectivity index (χ1v) is 7.12. The fourth-order valence-corrected chi connectivity index (χ4v) is 2.79. The molecule has 1 heterocycles. The predicted octanol–water partition coefficient (Wildman–Crippen LogP) is 4.95. The zero-order valence-electron chi connectivity index (χ0n) is 11.6. The third-order valence-corrected chi connectivity index (χ3v) is 3.87. The summed E-state index contributed by atoms with van der Waals surface area (Å²) in [5.74, 6) is 0. The molecule has 0 saturated carbocycles. The van der Waals surface area contributed by atoms with Gasteiger partial charge in [0.15, 0.2) is 0 Å². The Morgan fingerprint density at radius 1 is 0.800 bits per heavy atom. The largest absolute Gasteiger partial charge is 0.352 e. The summed E-state index contributed by atoms with van der Waals surface area (Å²) in [6.45, 7) is 4.15. The van der Waals surface area contributed by atoms with Crippen molar-refractivity contribution in [1.82, 2.24) is 0 Å². The van der Waals surface area contributed by atoms with Gasteiger partial charge in [-0.3, -0.25) is 0 Å². The lowest BCUT2D eigenvalue weighted by atomic mass is 9.86. The highest BCUT2D eigenvalue weighted by Gasteiger charge is 2.42. The van der Waals surface area contributed by atoms with Crippen LogP contribution in [-0.2, 0) is 10.3 Å². The van der Waals surface area contributed by atoms with Crippen LogP contribution in [0.2, 0.25) is 5.02 Å². The molecule has 0 aliphatic carbocycles. The van der Waals surface area contributed by atoms with E-state index < -0.39 is 5.60 Å². The van der Waals surface area contributed by atoms with E-state index in [4.69, 9.17) is 16.3 Å². The van der Waals surface area contributed by atoms with Crippen molar-refractivity contribution < 1.29 is 4.74 Å². The molecule has 2 aromatic rings. The highest BCUT2D eigenvalue weighted by Crippen LogP contribution is 2.44. The third-order valence-electron chi connectivity index (χ3n) is 3.62. The molecule has 0 amide bonds. The fourth-order valence-electron chi connectivity index (χ4n) is 2.66. The van der Waals surface area contributed by atoms with Gasteiger partial charge in [0.25, 0.3) is 0 Å².